The minimum Gasteiger partial charge on any atom is -0.396 e. The van der Waals surface area contributed by atoms with Crippen LogP contribution in [0.2, 0.25) is 5.02 Å². The van der Waals surface area contributed by atoms with Crippen LogP contribution in [0.3, 0.4) is 0 Å². The molecule has 0 aliphatic carbocycles. The van der Waals surface area contributed by atoms with Gasteiger partial charge < -0.3 is 10.4 Å². The predicted molar refractivity (Wildman–Crippen MR) is 76.6 cm³/mol. The second-order valence-corrected chi connectivity index (χ2v) is 5.42. The van der Waals surface area contributed by atoms with Gasteiger partial charge in [-0.15, -0.1) is 0 Å². The van der Waals surface area contributed by atoms with E-state index in [4.69, 9.17) is 16.7 Å². The Balaban J connectivity index is 2.49. The van der Waals surface area contributed by atoms with Crippen LogP contribution in [-0.2, 0) is 0 Å². The summed E-state index contributed by atoms with van der Waals surface area (Å²) in [6.45, 7) is 2.68. The van der Waals surface area contributed by atoms with Gasteiger partial charge >= 0.3 is 0 Å². The van der Waals surface area contributed by atoms with Crippen LogP contribution in [0.25, 0.3) is 0 Å². The molecule has 0 saturated carbocycles. The van der Waals surface area contributed by atoms with Gasteiger partial charge in [0.25, 0.3) is 5.91 Å². The van der Waals surface area contributed by atoms with Crippen molar-refractivity contribution in [2.45, 2.75) is 24.9 Å². The van der Waals surface area contributed by atoms with Gasteiger partial charge in [-0.05, 0) is 25.0 Å². The number of rotatable bonds is 7. The Labute approximate surface area is 122 Å². The Morgan fingerprint density at radius 3 is 3.00 bits per heavy atom. The van der Waals surface area contributed by atoms with E-state index < -0.39 is 0 Å². The first-order valence-corrected chi connectivity index (χ1v) is 7.64. The van der Waals surface area contributed by atoms with Crippen molar-refractivity contribution in [1.82, 2.24) is 15.3 Å². The quantitative estimate of drug-likeness (QED) is 0.458. The second kappa shape index (κ2) is 8.35. The maximum absolute atomic E-state index is 11.9. The van der Waals surface area contributed by atoms with E-state index in [0.717, 1.165) is 12.8 Å². The fourth-order valence-electron chi connectivity index (χ4n) is 1.44. The topological polar surface area (TPSA) is 75.1 Å². The van der Waals surface area contributed by atoms with E-state index in [1.54, 1.807) is 0 Å². The molecule has 1 amide bonds. The molecular formula is C12H18ClN3O2S. The molecule has 0 radical (unpaired) electrons. The van der Waals surface area contributed by atoms with Gasteiger partial charge in [0.2, 0.25) is 0 Å². The van der Waals surface area contributed by atoms with E-state index >= 15 is 0 Å². The third kappa shape index (κ3) is 5.34. The number of thioether (sulfide) groups is 1. The number of aromatic nitrogens is 2. The summed E-state index contributed by atoms with van der Waals surface area (Å²) in [5.74, 6) is -0.0398. The fraction of sp³-hybridized carbons (Fsp3) is 0.583. The van der Waals surface area contributed by atoms with Crippen LogP contribution in [0.5, 0.6) is 0 Å². The molecule has 0 aromatic carbocycles. The Hall–Kier alpha value is -0.850. The van der Waals surface area contributed by atoms with E-state index in [2.05, 4.69) is 15.3 Å². The largest absolute Gasteiger partial charge is 0.396 e. The summed E-state index contributed by atoms with van der Waals surface area (Å²) in [5.41, 5.74) is 0.205. The van der Waals surface area contributed by atoms with E-state index in [9.17, 15) is 4.79 Å². The lowest BCUT2D eigenvalue weighted by molar-refractivity contribution is 0.0946. The number of carbonyl (C=O) groups is 1. The molecule has 0 aliphatic rings. The first-order valence-electron chi connectivity index (χ1n) is 6.04. The lowest BCUT2D eigenvalue weighted by atomic mass is 10.1. The maximum atomic E-state index is 11.9. The zero-order chi connectivity index (χ0) is 14.3. The number of nitrogens with one attached hydrogen (secondary N) is 1. The van der Waals surface area contributed by atoms with E-state index in [0.29, 0.717) is 11.7 Å². The van der Waals surface area contributed by atoms with Crippen molar-refractivity contribution in [3.63, 3.8) is 0 Å². The summed E-state index contributed by atoms with van der Waals surface area (Å²) in [5, 5.41) is 12.4. The number of hydrogen-bond acceptors (Lipinski definition) is 5. The molecule has 1 rings (SSSR count). The predicted octanol–water partition coefficient (Wildman–Crippen LogP) is 1.99. The average Bonchev–Trinajstić information content (AvgIpc) is 2.43. The molecule has 0 bridgehead atoms. The number of aliphatic hydroxyl groups excluding tert-OH is 1. The Kier molecular flexibility index (Phi) is 7.12. The van der Waals surface area contributed by atoms with E-state index in [1.807, 2.05) is 13.2 Å². The summed E-state index contributed by atoms with van der Waals surface area (Å²) in [7, 11) is 0. The van der Waals surface area contributed by atoms with Crippen LogP contribution in [0.4, 0.5) is 0 Å². The number of halogens is 1. The lowest BCUT2D eigenvalue weighted by Gasteiger charge is -2.09. The smallest absolute Gasteiger partial charge is 0.271 e. The lowest BCUT2D eigenvalue weighted by Crippen LogP contribution is -2.26. The first-order chi connectivity index (χ1) is 9.08. The Bertz CT molecular complexity index is 431. The molecule has 0 saturated heterocycles. The van der Waals surface area contributed by atoms with Crippen LogP contribution < -0.4 is 5.32 Å². The fourth-order valence-corrected chi connectivity index (χ4v) is 1.95. The monoisotopic (exact) mass is 303 g/mol. The van der Waals surface area contributed by atoms with Gasteiger partial charge in [0.15, 0.2) is 10.9 Å². The first kappa shape index (κ1) is 16.2. The summed E-state index contributed by atoms with van der Waals surface area (Å²) < 4.78 is 0. The minimum atomic E-state index is -0.292. The molecular weight excluding hydrogens is 286 g/mol. The highest BCUT2D eigenvalue weighted by molar-refractivity contribution is 7.98. The number of hydrogen-bond donors (Lipinski definition) is 2. The molecule has 0 fully saturated rings. The third-order valence-corrected chi connectivity index (χ3v) is 3.43. The summed E-state index contributed by atoms with van der Waals surface area (Å²) in [6.07, 6.45) is 4.94. The molecule has 0 spiro atoms. The zero-order valence-electron chi connectivity index (χ0n) is 11.0. The Morgan fingerprint density at radius 2 is 2.37 bits per heavy atom. The van der Waals surface area contributed by atoms with Crippen molar-refractivity contribution in [2.24, 2.45) is 5.92 Å². The van der Waals surface area contributed by atoms with E-state index in [-0.39, 0.29) is 29.1 Å². The highest BCUT2D eigenvalue weighted by atomic mass is 35.5. The molecule has 7 heteroatoms. The van der Waals surface area contributed by atoms with Gasteiger partial charge in [-0.1, -0.05) is 30.3 Å². The molecule has 5 nitrogen and oxygen atoms in total. The number of amides is 1. The molecule has 106 valence electrons. The highest BCUT2D eigenvalue weighted by Crippen LogP contribution is 2.16. The van der Waals surface area contributed by atoms with E-state index in [1.165, 1.54) is 18.0 Å². The molecule has 2 N–H and O–H groups in total. The molecule has 0 aliphatic heterocycles. The van der Waals surface area contributed by atoms with Crippen molar-refractivity contribution < 1.29 is 9.90 Å². The van der Waals surface area contributed by atoms with Crippen molar-refractivity contribution in [3.05, 3.63) is 16.9 Å². The van der Waals surface area contributed by atoms with Gasteiger partial charge in [-0.25, -0.2) is 9.97 Å². The average molecular weight is 304 g/mol. The third-order valence-electron chi connectivity index (χ3n) is 2.59. The van der Waals surface area contributed by atoms with Gasteiger partial charge in [0.1, 0.15) is 0 Å². The van der Waals surface area contributed by atoms with Crippen LogP contribution >= 0.6 is 23.4 Å². The van der Waals surface area contributed by atoms with Gasteiger partial charge in [0, 0.05) is 13.2 Å². The molecule has 1 aromatic heterocycles. The van der Waals surface area contributed by atoms with Crippen LogP contribution in [0, 0.1) is 5.92 Å². The maximum Gasteiger partial charge on any atom is 0.271 e. The van der Waals surface area contributed by atoms with Crippen molar-refractivity contribution in [1.29, 1.82) is 0 Å². The van der Waals surface area contributed by atoms with Crippen LogP contribution in [0.1, 0.15) is 30.3 Å². The van der Waals surface area contributed by atoms with Crippen molar-refractivity contribution in [2.75, 3.05) is 19.4 Å². The minimum absolute atomic E-state index is 0.169. The SMILES string of the molecule is CSc1ncc(Cl)c(C(=O)NCCCC(C)CO)n1. The zero-order valence-corrected chi connectivity index (χ0v) is 12.6. The Morgan fingerprint density at radius 1 is 1.63 bits per heavy atom. The molecule has 1 unspecified atom stereocenters. The standard InChI is InChI=1S/C12H18ClN3O2S/c1-8(7-17)4-3-5-14-11(18)10-9(13)6-15-12(16-10)19-2/h6,8,17H,3-5,7H2,1-2H3,(H,14,18). The molecule has 1 heterocycles. The molecule has 1 aromatic rings. The van der Waals surface area contributed by atoms with Crippen molar-refractivity contribution in [3.8, 4) is 0 Å². The number of nitrogens with zero attached hydrogens (tertiary/aromatic N) is 2. The van der Waals surface area contributed by atoms with Crippen molar-refractivity contribution >= 4 is 29.3 Å². The van der Waals surface area contributed by atoms with Crippen LogP contribution in [-0.4, -0.2) is 40.4 Å². The van der Waals surface area contributed by atoms with Crippen LogP contribution in [0.15, 0.2) is 11.4 Å². The summed E-state index contributed by atoms with van der Waals surface area (Å²) in [6, 6.07) is 0. The van der Waals surface area contributed by atoms with Gasteiger partial charge in [0.05, 0.1) is 11.2 Å². The second-order valence-electron chi connectivity index (χ2n) is 4.24. The van der Waals surface area contributed by atoms with Gasteiger partial charge in [-0.2, -0.15) is 0 Å². The summed E-state index contributed by atoms with van der Waals surface area (Å²) in [4.78, 5) is 20.0. The molecule has 19 heavy (non-hydrogen) atoms. The molecule has 1 atom stereocenters. The summed E-state index contributed by atoms with van der Waals surface area (Å²) >= 11 is 7.26. The highest BCUT2D eigenvalue weighted by Gasteiger charge is 2.13. The normalized spacial score (nSPS) is 12.2. The number of carbonyl (C=O) groups excluding carboxylic acids is 1. The number of aliphatic hydroxyl groups is 1. The van der Waals surface area contributed by atoms with Gasteiger partial charge in [-0.3, -0.25) is 4.79 Å².